The van der Waals surface area contributed by atoms with Crippen molar-refractivity contribution in [2.24, 2.45) is 5.41 Å². The Hall–Kier alpha value is -0.0800. The lowest BCUT2D eigenvalue weighted by Gasteiger charge is -2.21. The van der Waals surface area contributed by atoms with Crippen molar-refractivity contribution >= 4 is 0 Å². The summed E-state index contributed by atoms with van der Waals surface area (Å²) in [4.78, 5) is 0. The fourth-order valence-electron chi connectivity index (χ4n) is 0.858. The Labute approximate surface area is 76.4 Å². The van der Waals surface area contributed by atoms with E-state index in [4.69, 9.17) is 0 Å². The van der Waals surface area contributed by atoms with E-state index in [1.807, 2.05) is 13.8 Å². The largest absolute Gasteiger partial charge is 0.389 e. The van der Waals surface area contributed by atoms with Gasteiger partial charge in [-0.3, -0.25) is 0 Å². The minimum Gasteiger partial charge on any atom is -0.389 e. The highest BCUT2D eigenvalue weighted by atomic mass is 16.3. The molecule has 0 bridgehead atoms. The standard InChI is InChI=1S/C10H23NO/c1-9(2,3)6-7-11-8-10(4,5)12/h11-12H,6-8H2,1-5H3. The van der Waals surface area contributed by atoms with Gasteiger partial charge in [-0.2, -0.15) is 0 Å². The van der Waals surface area contributed by atoms with Gasteiger partial charge in [-0.05, 0) is 32.2 Å². The highest BCUT2D eigenvalue weighted by Gasteiger charge is 2.13. The van der Waals surface area contributed by atoms with Gasteiger partial charge in [0.2, 0.25) is 0 Å². The molecule has 0 atom stereocenters. The van der Waals surface area contributed by atoms with E-state index in [0.29, 0.717) is 12.0 Å². The van der Waals surface area contributed by atoms with Gasteiger partial charge in [-0.15, -0.1) is 0 Å². The Morgan fingerprint density at radius 1 is 1.08 bits per heavy atom. The van der Waals surface area contributed by atoms with Crippen LogP contribution >= 0.6 is 0 Å². The average molecular weight is 173 g/mol. The molecule has 0 saturated carbocycles. The minimum atomic E-state index is -0.585. The normalized spacial score (nSPS) is 13.5. The molecule has 74 valence electrons. The third kappa shape index (κ3) is 9.92. The van der Waals surface area contributed by atoms with E-state index in [1.54, 1.807) is 0 Å². The van der Waals surface area contributed by atoms with Crippen molar-refractivity contribution in [3.05, 3.63) is 0 Å². The summed E-state index contributed by atoms with van der Waals surface area (Å²) in [5.74, 6) is 0. The van der Waals surface area contributed by atoms with Crippen LogP contribution in [-0.4, -0.2) is 23.8 Å². The molecule has 0 aromatic heterocycles. The second kappa shape index (κ2) is 4.24. The summed E-state index contributed by atoms with van der Waals surface area (Å²) in [6, 6.07) is 0. The monoisotopic (exact) mass is 173 g/mol. The van der Waals surface area contributed by atoms with E-state index in [-0.39, 0.29) is 0 Å². The van der Waals surface area contributed by atoms with Gasteiger partial charge in [-0.25, -0.2) is 0 Å². The summed E-state index contributed by atoms with van der Waals surface area (Å²) in [6.45, 7) is 11.9. The highest BCUT2D eigenvalue weighted by Crippen LogP contribution is 2.16. The summed E-state index contributed by atoms with van der Waals surface area (Å²) in [5, 5.41) is 12.6. The van der Waals surface area contributed by atoms with Crippen LogP contribution in [0, 0.1) is 5.41 Å². The molecule has 0 fully saturated rings. The quantitative estimate of drug-likeness (QED) is 0.635. The van der Waals surface area contributed by atoms with Gasteiger partial charge in [-0.1, -0.05) is 20.8 Å². The molecule has 0 amide bonds. The fraction of sp³-hybridized carbons (Fsp3) is 1.00. The SMILES string of the molecule is CC(C)(C)CCNCC(C)(C)O. The predicted molar refractivity (Wildman–Crippen MR) is 53.2 cm³/mol. The van der Waals surface area contributed by atoms with Crippen LogP contribution in [0.15, 0.2) is 0 Å². The second-order valence-electron chi connectivity index (χ2n) is 5.30. The maximum absolute atomic E-state index is 9.38. The number of hydrogen-bond donors (Lipinski definition) is 2. The van der Waals surface area contributed by atoms with Gasteiger partial charge >= 0.3 is 0 Å². The summed E-state index contributed by atoms with van der Waals surface area (Å²) < 4.78 is 0. The molecule has 0 spiro atoms. The molecule has 0 heterocycles. The molecule has 0 aliphatic carbocycles. The van der Waals surface area contributed by atoms with Crippen LogP contribution in [0.1, 0.15) is 41.0 Å². The number of nitrogens with one attached hydrogen (secondary N) is 1. The molecule has 0 aromatic rings. The first kappa shape index (κ1) is 11.9. The Balaban J connectivity index is 3.35. The molecule has 2 N–H and O–H groups in total. The Bertz CT molecular complexity index is 103. The van der Waals surface area contributed by atoms with E-state index in [2.05, 4.69) is 26.1 Å². The number of aliphatic hydroxyl groups is 1. The van der Waals surface area contributed by atoms with E-state index >= 15 is 0 Å². The van der Waals surface area contributed by atoms with Crippen molar-refractivity contribution in [2.75, 3.05) is 13.1 Å². The number of rotatable bonds is 4. The molecular formula is C10H23NO. The van der Waals surface area contributed by atoms with Crippen molar-refractivity contribution in [1.29, 1.82) is 0 Å². The molecule has 0 aliphatic heterocycles. The van der Waals surface area contributed by atoms with Crippen LogP contribution in [0.5, 0.6) is 0 Å². The summed E-state index contributed by atoms with van der Waals surface area (Å²) in [5.41, 5.74) is -0.204. The maximum Gasteiger partial charge on any atom is 0.0715 e. The molecule has 12 heavy (non-hydrogen) atoms. The average Bonchev–Trinajstić information content (AvgIpc) is 1.76. The lowest BCUT2D eigenvalue weighted by atomic mass is 9.92. The van der Waals surface area contributed by atoms with Crippen molar-refractivity contribution in [1.82, 2.24) is 5.32 Å². The molecule has 0 rings (SSSR count). The minimum absolute atomic E-state index is 0.382. The van der Waals surface area contributed by atoms with Gasteiger partial charge in [0, 0.05) is 6.54 Å². The van der Waals surface area contributed by atoms with Gasteiger partial charge < -0.3 is 10.4 Å². The zero-order chi connectivity index (χ0) is 9.83. The van der Waals surface area contributed by atoms with Gasteiger partial charge in [0.25, 0.3) is 0 Å². The van der Waals surface area contributed by atoms with Crippen LogP contribution in [0.25, 0.3) is 0 Å². The fourth-order valence-corrected chi connectivity index (χ4v) is 0.858. The molecule has 2 nitrogen and oxygen atoms in total. The summed E-state index contributed by atoms with van der Waals surface area (Å²) in [6.07, 6.45) is 1.14. The zero-order valence-electron chi connectivity index (χ0n) is 9.07. The van der Waals surface area contributed by atoms with Crippen LogP contribution in [0.4, 0.5) is 0 Å². The van der Waals surface area contributed by atoms with Gasteiger partial charge in [0.1, 0.15) is 0 Å². The van der Waals surface area contributed by atoms with Gasteiger partial charge in [0.15, 0.2) is 0 Å². The molecular weight excluding hydrogens is 150 g/mol. The lowest BCUT2D eigenvalue weighted by Crippen LogP contribution is -2.36. The van der Waals surface area contributed by atoms with E-state index in [1.165, 1.54) is 0 Å². The molecule has 0 radical (unpaired) electrons. The predicted octanol–water partition coefficient (Wildman–Crippen LogP) is 1.78. The highest BCUT2D eigenvalue weighted by molar-refractivity contribution is 4.70. The Morgan fingerprint density at radius 2 is 1.58 bits per heavy atom. The maximum atomic E-state index is 9.38. The molecule has 0 saturated heterocycles. The first-order chi connectivity index (χ1) is 5.21. The molecule has 0 aliphatic rings. The van der Waals surface area contributed by atoms with E-state index in [0.717, 1.165) is 13.0 Å². The summed E-state index contributed by atoms with van der Waals surface area (Å²) >= 11 is 0. The van der Waals surface area contributed by atoms with Crippen LogP contribution in [-0.2, 0) is 0 Å². The van der Waals surface area contributed by atoms with Crippen molar-refractivity contribution in [2.45, 2.75) is 46.6 Å². The van der Waals surface area contributed by atoms with E-state index in [9.17, 15) is 5.11 Å². The third-order valence-electron chi connectivity index (χ3n) is 1.61. The zero-order valence-corrected chi connectivity index (χ0v) is 9.07. The Morgan fingerprint density at radius 3 is 1.92 bits per heavy atom. The van der Waals surface area contributed by atoms with E-state index < -0.39 is 5.60 Å². The van der Waals surface area contributed by atoms with Crippen molar-refractivity contribution in [3.8, 4) is 0 Å². The summed E-state index contributed by atoms with van der Waals surface area (Å²) in [7, 11) is 0. The second-order valence-corrected chi connectivity index (χ2v) is 5.30. The topological polar surface area (TPSA) is 32.3 Å². The molecule has 0 unspecified atom stereocenters. The molecule has 2 heteroatoms. The van der Waals surface area contributed by atoms with Crippen LogP contribution in [0.2, 0.25) is 0 Å². The number of hydrogen-bond acceptors (Lipinski definition) is 2. The van der Waals surface area contributed by atoms with Crippen molar-refractivity contribution in [3.63, 3.8) is 0 Å². The van der Waals surface area contributed by atoms with Crippen LogP contribution < -0.4 is 5.32 Å². The first-order valence-electron chi connectivity index (χ1n) is 4.64. The van der Waals surface area contributed by atoms with Crippen molar-refractivity contribution < 1.29 is 5.11 Å². The smallest absolute Gasteiger partial charge is 0.0715 e. The molecule has 0 aromatic carbocycles. The first-order valence-corrected chi connectivity index (χ1v) is 4.64. The third-order valence-corrected chi connectivity index (χ3v) is 1.61. The van der Waals surface area contributed by atoms with Crippen LogP contribution in [0.3, 0.4) is 0 Å². The van der Waals surface area contributed by atoms with Gasteiger partial charge in [0.05, 0.1) is 5.60 Å². The lowest BCUT2D eigenvalue weighted by molar-refractivity contribution is 0.0791. The Kier molecular flexibility index (Phi) is 4.21.